The number of H-pyrrole nitrogens is 1. The van der Waals surface area contributed by atoms with Crippen LogP contribution >= 0.6 is 0 Å². The number of aromatic hydroxyl groups is 1. The highest BCUT2D eigenvalue weighted by atomic mass is 16.3. The van der Waals surface area contributed by atoms with Crippen LogP contribution in [0.15, 0.2) is 15.7 Å². The summed E-state index contributed by atoms with van der Waals surface area (Å²) in [6.45, 7) is 2.70. The fraction of sp³-hybridized carbons (Fsp3) is 0.667. The lowest BCUT2D eigenvalue weighted by atomic mass is 9.82. The van der Waals surface area contributed by atoms with Crippen molar-refractivity contribution < 1.29 is 5.11 Å². The summed E-state index contributed by atoms with van der Waals surface area (Å²) in [6.07, 6.45) is 4.56. The monoisotopic (exact) mass is 238 g/mol. The first-order valence-electron chi connectivity index (χ1n) is 6.09. The van der Waals surface area contributed by atoms with Crippen molar-refractivity contribution >= 4 is 0 Å². The molecule has 5 heteroatoms. The smallest absolute Gasteiger partial charge is 0.331 e. The van der Waals surface area contributed by atoms with Crippen LogP contribution < -0.4 is 11.2 Å². The molecule has 2 unspecified atom stereocenters. The predicted octanol–water partition coefficient (Wildman–Crippen LogP) is 1.07. The maximum absolute atomic E-state index is 11.6. The number of nitrogens with one attached hydrogen (secondary N) is 1. The molecule has 1 aliphatic rings. The average Bonchev–Trinajstić information content (AvgIpc) is 2.23. The molecule has 1 fully saturated rings. The van der Waals surface area contributed by atoms with Gasteiger partial charge in [-0.3, -0.25) is 14.3 Å². The van der Waals surface area contributed by atoms with Gasteiger partial charge in [-0.05, 0) is 24.7 Å². The molecule has 0 amide bonds. The van der Waals surface area contributed by atoms with Gasteiger partial charge in [0.15, 0.2) is 0 Å². The minimum atomic E-state index is -0.555. The largest absolute Gasteiger partial charge is 0.494 e. The Hall–Kier alpha value is -1.52. The molecule has 2 atom stereocenters. The third-order valence-corrected chi connectivity index (χ3v) is 3.50. The van der Waals surface area contributed by atoms with Gasteiger partial charge in [0.2, 0.25) is 5.88 Å². The average molecular weight is 238 g/mol. The topological polar surface area (TPSA) is 75.1 Å². The first-order valence-corrected chi connectivity index (χ1v) is 6.09. The SMILES string of the molecule is CC1CCCC(Cn2c(O)cc(=O)[nH]c2=O)C1. The standard InChI is InChI=1S/C12H18N2O3/c1-8-3-2-4-9(5-8)7-14-11(16)6-10(15)13-12(14)17/h6,8-9,16H,2-5,7H2,1H3,(H,13,15,17). The molecule has 0 radical (unpaired) electrons. The Balaban J connectivity index is 2.18. The van der Waals surface area contributed by atoms with E-state index in [1.54, 1.807) is 0 Å². The highest BCUT2D eigenvalue weighted by Crippen LogP contribution is 2.29. The number of hydrogen-bond donors (Lipinski definition) is 2. The fourth-order valence-corrected chi connectivity index (χ4v) is 2.67. The normalized spacial score (nSPS) is 24.8. The third kappa shape index (κ3) is 2.78. The Labute approximate surface area is 99.1 Å². The lowest BCUT2D eigenvalue weighted by Gasteiger charge is -2.27. The van der Waals surface area contributed by atoms with Crippen molar-refractivity contribution in [3.63, 3.8) is 0 Å². The zero-order chi connectivity index (χ0) is 12.4. The van der Waals surface area contributed by atoms with Crippen LogP contribution in [0.2, 0.25) is 0 Å². The molecule has 0 aromatic carbocycles. The molecule has 0 bridgehead atoms. The summed E-state index contributed by atoms with van der Waals surface area (Å²) in [4.78, 5) is 24.7. The molecule has 2 rings (SSSR count). The van der Waals surface area contributed by atoms with Gasteiger partial charge in [0.25, 0.3) is 5.56 Å². The molecule has 0 saturated heterocycles. The van der Waals surface area contributed by atoms with Crippen LogP contribution in [0.5, 0.6) is 5.88 Å². The van der Waals surface area contributed by atoms with Crippen LogP contribution in [0.1, 0.15) is 32.6 Å². The fourth-order valence-electron chi connectivity index (χ4n) is 2.67. The molecule has 0 aliphatic heterocycles. The first-order chi connectivity index (χ1) is 8.06. The van der Waals surface area contributed by atoms with E-state index >= 15 is 0 Å². The Bertz CT molecular complexity index is 503. The molecule has 1 aliphatic carbocycles. The second-order valence-corrected chi connectivity index (χ2v) is 5.05. The number of rotatable bonds is 2. The minimum absolute atomic E-state index is 0.239. The van der Waals surface area contributed by atoms with Crippen LogP contribution in [0.25, 0.3) is 0 Å². The van der Waals surface area contributed by atoms with E-state index in [0.717, 1.165) is 18.9 Å². The summed E-state index contributed by atoms with van der Waals surface area (Å²) in [5.41, 5.74) is -1.08. The summed E-state index contributed by atoms with van der Waals surface area (Å²) in [5, 5.41) is 9.61. The van der Waals surface area contributed by atoms with Crippen molar-refractivity contribution in [1.82, 2.24) is 9.55 Å². The second-order valence-electron chi connectivity index (χ2n) is 5.05. The quantitative estimate of drug-likeness (QED) is 0.809. The predicted molar refractivity (Wildman–Crippen MR) is 64.1 cm³/mol. The molecule has 1 saturated carbocycles. The van der Waals surface area contributed by atoms with Crippen LogP contribution in [-0.4, -0.2) is 14.7 Å². The van der Waals surface area contributed by atoms with Gasteiger partial charge >= 0.3 is 5.69 Å². The summed E-state index contributed by atoms with van der Waals surface area (Å²) in [7, 11) is 0. The number of hydrogen-bond acceptors (Lipinski definition) is 3. The zero-order valence-electron chi connectivity index (χ0n) is 9.98. The number of aromatic amines is 1. The van der Waals surface area contributed by atoms with Gasteiger partial charge in [-0.1, -0.05) is 19.8 Å². The van der Waals surface area contributed by atoms with Crippen molar-refractivity contribution in [3.8, 4) is 5.88 Å². The van der Waals surface area contributed by atoms with Gasteiger partial charge in [-0.25, -0.2) is 4.79 Å². The minimum Gasteiger partial charge on any atom is -0.494 e. The van der Waals surface area contributed by atoms with Crippen LogP contribution in [0, 0.1) is 11.8 Å². The summed E-state index contributed by atoms with van der Waals surface area (Å²) >= 11 is 0. The molecular weight excluding hydrogens is 220 g/mol. The van der Waals surface area contributed by atoms with E-state index in [1.807, 2.05) is 0 Å². The van der Waals surface area contributed by atoms with Crippen molar-refractivity contribution in [2.45, 2.75) is 39.2 Å². The van der Waals surface area contributed by atoms with E-state index in [4.69, 9.17) is 0 Å². The summed E-state index contributed by atoms with van der Waals surface area (Å²) in [6, 6.07) is 1.05. The summed E-state index contributed by atoms with van der Waals surface area (Å²) in [5.74, 6) is 0.847. The van der Waals surface area contributed by atoms with E-state index in [0.29, 0.717) is 18.4 Å². The molecule has 5 nitrogen and oxygen atoms in total. The van der Waals surface area contributed by atoms with E-state index in [-0.39, 0.29) is 5.88 Å². The van der Waals surface area contributed by atoms with E-state index in [1.165, 1.54) is 17.4 Å². The maximum Gasteiger partial charge on any atom is 0.331 e. The molecule has 1 aromatic rings. The Kier molecular flexibility index (Phi) is 3.36. The third-order valence-electron chi connectivity index (χ3n) is 3.50. The van der Waals surface area contributed by atoms with E-state index < -0.39 is 11.2 Å². The zero-order valence-corrected chi connectivity index (χ0v) is 9.98. The number of nitrogens with zero attached hydrogens (tertiary/aromatic N) is 1. The van der Waals surface area contributed by atoms with Gasteiger partial charge in [-0.15, -0.1) is 0 Å². The Morgan fingerprint density at radius 3 is 2.88 bits per heavy atom. The van der Waals surface area contributed by atoms with Crippen molar-refractivity contribution in [2.24, 2.45) is 11.8 Å². The Morgan fingerprint density at radius 1 is 1.47 bits per heavy atom. The van der Waals surface area contributed by atoms with Gasteiger partial charge in [0.1, 0.15) is 0 Å². The Morgan fingerprint density at radius 2 is 2.24 bits per heavy atom. The lowest BCUT2D eigenvalue weighted by Crippen LogP contribution is -2.32. The van der Waals surface area contributed by atoms with E-state index in [9.17, 15) is 14.7 Å². The summed E-state index contributed by atoms with van der Waals surface area (Å²) < 4.78 is 1.25. The van der Waals surface area contributed by atoms with Gasteiger partial charge < -0.3 is 5.11 Å². The van der Waals surface area contributed by atoms with Gasteiger partial charge in [-0.2, -0.15) is 0 Å². The van der Waals surface area contributed by atoms with E-state index in [2.05, 4.69) is 11.9 Å². The van der Waals surface area contributed by atoms with Crippen LogP contribution in [-0.2, 0) is 6.54 Å². The maximum atomic E-state index is 11.6. The van der Waals surface area contributed by atoms with Gasteiger partial charge in [0.05, 0.1) is 6.07 Å². The first kappa shape index (κ1) is 12.0. The van der Waals surface area contributed by atoms with Crippen molar-refractivity contribution in [3.05, 3.63) is 26.9 Å². The second kappa shape index (κ2) is 4.77. The van der Waals surface area contributed by atoms with Crippen LogP contribution in [0.3, 0.4) is 0 Å². The van der Waals surface area contributed by atoms with Crippen LogP contribution in [0.4, 0.5) is 0 Å². The molecule has 0 spiro atoms. The highest BCUT2D eigenvalue weighted by Gasteiger charge is 2.20. The molecule has 2 N–H and O–H groups in total. The molecular formula is C12H18N2O3. The van der Waals surface area contributed by atoms with Gasteiger partial charge in [0, 0.05) is 6.54 Å². The highest BCUT2D eigenvalue weighted by molar-refractivity contribution is 5.05. The lowest BCUT2D eigenvalue weighted by molar-refractivity contribution is 0.244. The number of aromatic nitrogens is 2. The molecule has 94 valence electrons. The van der Waals surface area contributed by atoms with Crippen molar-refractivity contribution in [1.29, 1.82) is 0 Å². The molecule has 17 heavy (non-hydrogen) atoms. The molecule has 1 heterocycles. The molecule has 1 aromatic heterocycles. The van der Waals surface area contributed by atoms with Crippen molar-refractivity contribution in [2.75, 3.05) is 0 Å².